The predicted octanol–water partition coefficient (Wildman–Crippen LogP) is 4.76. The van der Waals surface area contributed by atoms with E-state index in [1.54, 1.807) is 12.1 Å². The van der Waals surface area contributed by atoms with Gasteiger partial charge < -0.3 is 10.3 Å². The number of nitrogens with zero attached hydrogens (tertiary/aromatic N) is 4. The van der Waals surface area contributed by atoms with Gasteiger partial charge in [-0.3, -0.25) is 9.36 Å². The van der Waals surface area contributed by atoms with Crippen LogP contribution < -0.4 is 10.9 Å². The van der Waals surface area contributed by atoms with Gasteiger partial charge in [0.2, 0.25) is 0 Å². The van der Waals surface area contributed by atoms with Gasteiger partial charge in [0.05, 0.1) is 28.5 Å². The van der Waals surface area contributed by atoms with Gasteiger partial charge in [-0.2, -0.15) is 0 Å². The number of rotatable bonds is 4. The fourth-order valence-corrected chi connectivity index (χ4v) is 3.96. The number of anilines is 1. The zero-order valence-corrected chi connectivity index (χ0v) is 17.4. The van der Waals surface area contributed by atoms with Crippen LogP contribution in [0.2, 0.25) is 5.02 Å². The highest BCUT2D eigenvalue weighted by atomic mass is 35.5. The van der Waals surface area contributed by atoms with E-state index in [1.807, 2.05) is 6.92 Å². The molecule has 3 aromatic heterocycles. The van der Waals surface area contributed by atoms with E-state index < -0.39 is 23.2 Å². The zero-order valence-electron chi connectivity index (χ0n) is 16.6. The molecule has 0 spiro atoms. The van der Waals surface area contributed by atoms with Gasteiger partial charge in [-0.25, -0.2) is 23.7 Å². The minimum absolute atomic E-state index is 0.0172. The van der Waals surface area contributed by atoms with Crippen molar-refractivity contribution in [2.75, 3.05) is 5.32 Å². The molecule has 160 valence electrons. The molecule has 7 nitrogen and oxygen atoms in total. The highest BCUT2D eigenvalue weighted by molar-refractivity contribution is 6.35. The maximum absolute atomic E-state index is 14.1. The van der Waals surface area contributed by atoms with Crippen LogP contribution in [0, 0.1) is 11.6 Å². The topological polar surface area (TPSA) is 88.5 Å². The molecule has 0 saturated heterocycles. The minimum atomic E-state index is -0.706. The van der Waals surface area contributed by atoms with E-state index in [1.165, 1.54) is 47.6 Å². The number of hydrogen-bond acceptors (Lipinski definition) is 5. The normalized spacial score (nSPS) is 12.4. The number of nitrogens with one attached hydrogen (secondary N) is 2. The molecule has 2 N–H and O–H groups in total. The molecule has 10 heteroatoms. The lowest BCUT2D eigenvalue weighted by Gasteiger charge is -2.21. The summed E-state index contributed by atoms with van der Waals surface area (Å²) in [4.78, 5) is 29.0. The molecule has 3 heterocycles. The van der Waals surface area contributed by atoms with E-state index in [-0.39, 0.29) is 16.1 Å². The molecule has 1 unspecified atom stereocenters. The standard InChI is InChI=1S/C22H15ClF2N6O/c1-11(30-21-19-20(27-9-26-19)28-10-29-21)16-7-12-5-6-15(25)18(23)17(12)22(32)31(16)14-4-2-3-13(24)8-14/h2-11H,1H3,(H2,26,27,28,29,30). The van der Waals surface area contributed by atoms with Crippen molar-refractivity contribution < 1.29 is 8.78 Å². The zero-order chi connectivity index (χ0) is 22.4. The fraction of sp³-hybridized carbons (Fsp3) is 0.0909. The average Bonchev–Trinajstić information content (AvgIpc) is 3.26. The summed E-state index contributed by atoms with van der Waals surface area (Å²) >= 11 is 6.13. The van der Waals surface area contributed by atoms with E-state index >= 15 is 0 Å². The van der Waals surface area contributed by atoms with Crippen LogP contribution in [0.25, 0.3) is 27.6 Å². The number of hydrogen-bond donors (Lipinski definition) is 2. The molecular formula is C22H15ClF2N6O. The van der Waals surface area contributed by atoms with Crippen molar-refractivity contribution in [1.29, 1.82) is 0 Å². The van der Waals surface area contributed by atoms with Crippen molar-refractivity contribution in [3.63, 3.8) is 0 Å². The second-order valence-electron chi connectivity index (χ2n) is 7.20. The van der Waals surface area contributed by atoms with Crippen LogP contribution in [-0.2, 0) is 0 Å². The molecule has 5 rings (SSSR count). The van der Waals surface area contributed by atoms with Crippen LogP contribution in [-0.4, -0.2) is 24.5 Å². The Balaban J connectivity index is 1.74. The summed E-state index contributed by atoms with van der Waals surface area (Å²) in [5, 5.41) is 3.44. The Hall–Kier alpha value is -3.85. The molecular weight excluding hydrogens is 438 g/mol. The van der Waals surface area contributed by atoms with Crippen molar-refractivity contribution in [2.24, 2.45) is 0 Å². The van der Waals surface area contributed by atoms with Crippen LogP contribution in [0.4, 0.5) is 14.6 Å². The van der Waals surface area contributed by atoms with E-state index in [4.69, 9.17) is 11.6 Å². The third kappa shape index (κ3) is 3.27. The van der Waals surface area contributed by atoms with Gasteiger partial charge in [-0.1, -0.05) is 23.7 Å². The molecule has 0 radical (unpaired) electrons. The monoisotopic (exact) mass is 452 g/mol. The third-order valence-corrected chi connectivity index (χ3v) is 5.56. The van der Waals surface area contributed by atoms with Crippen molar-refractivity contribution in [3.8, 4) is 5.69 Å². The van der Waals surface area contributed by atoms with Gasteiger partial charge in [-0.05, 0) is 42.6 Å². The number of pyridine rings is 1. The summed E-state index contributed by atoms with van der Waals surface area (Å²) in [5.74, 6) is -0.762. The minimum Gasteiger partial charge on any atom is -0.360 e. The van der Waals surface area contributed by atoms with Gasteiger partial charge in [-0.15, -0.1) is 0 Å². The molecule has 32 heavy (non-hydrogen) atoms. The number of aromatic amines is 1. The Bertz CT molecular complexity index is 1550. The van der Waals surface area contributed by atoms with Crippen LogP contribution in [0.3, 0.4) is 0 Å². The SMILES string of the molecule is CC(Nc1ncnc2[nH]cnc12)c1cc2ccc(F)c(Cl)c2c(=O)n1-c1cccc(F)c1. The van der Waals surface area contributed by atoms with Gasteiger partial charge >= 0.3 is 0 Å². The van der Waals surface area contributed by atoms with E-state index in [0.717, 1.165) is 0 Å². The van der Waals surface area contributed by atoms with Crippen LogP contribution in [0.5, 0.6) is 0 Å². The van der Waals surface area contributed by atoms with Gasteiger partial charge in [0.25, 0.3) is 5.56 Å². The molecule has 0 aliphatic carbocycles. The second kappa shape index (κ2) is 7.69. The fourth-order valence-electron chi connectivity index (χ4n) is 3.71. The number of benzene rings is 2. The average molecular weight is 453 g/mol. The van der Waals surface area contributed by atoms with Crippen LogP contribution in [0.15, 0.2) is 59.9 Å². The van der Waals surface area contributed by atoms with Gasteiger partial charge in [0, 0.05) is 5.69 Å². The van der Waals surface area contributed by atoms with Crippen molar-refractivity contribution >= 4 is 39.4 Å². The Morgan fingerprint density at radius 3 is 2.78 bits per heavy atom. The smallest absolute Gasteiger partial charge is 0.264 e. The van der Waals surface area contributed by atoms with Crippen LogP contribution in [0.1, 0.15) is 18.7 Å². The Labute approximate surface area is 184 Å². The molecule has 0 aliphatic heterocycles. The van der Waals surface area contributed by atoms with E-state index in [9.17, 15) is 13.6 Å². The second-order valence-corrected chi connectivity index (χ2v) is 7.58. The van der Waals surface area contributed by atoms with Crippen LogP contribution >= 0.6 is 11.6 Å². The van der Waals surface area contributed by atoms with Crippen molar-refractivity contribution in [2.45, 2.75) is 13.0 Å². The lowest BCUT2D eigenvalue weighted by molar-refractivity contribution is 0.625. The maximum Gasteiger partial charge on any atom is 0.264 e. The van der Waals surface area contributed by atoms with Crippen molar-refractivity contribution in [1.82, 2.24) is 24.5 Å². The summed E-state index contributed by atoms with van der Waals surface area (Å²) < 4.78 is 29.4. The molecule has 0 amide bonds. The predicted molar refractivity (Wildman–Crippen MR) is 118 cm³/mol. The van der Waals surface area contributed by atoms with E-state index in [2.05, 4.69) is 25.3 Å². The summed E-state index contributed by atoms with van der Waals surface area (Å²) in [5.41, 5.74) is 1.31. The van der Waals surface area contributed by atoms with Gasteiger partial charge in [0.1, 0.15) is 23.5 Å². The first-order valence-corrected chi connectivity index (χ1v) is 10.0. The number of fused-ring (bicyclic) bond motifs is 2. The first kappa shape index (κ1) is 20.1. The highest BCUT2D eigenvalue weighted by Gasteiger charge is 2.20. The summed E-state index contributed by atoms with van der Waals surface area (Å²) in [6, 6.07) is 9.52. The first-order valence-electron chi connectivity index (χ1n) is 9.64. The third-order valence-electron chi connectivity index (χ3n) is 5.19. The Morgan fingerprint density at radius 2 is 1.97 bits per heavy atom. The molecule has 5 aromatic rings. The highest BCUT2D eigenvalue weighted by Crippen LogP contribution is 2.29. The molecule has 0 fully saturated rings. The Morgan fingerprint density at radius 1 is 1.12 bits per heavy atom. The summed E-state index contributed by atoms with van der Waals surface area (Å²) in [6.45, 7) is 1.82. The number of H-pyrrole nitrogens is 1. The largest absolute Gasteiger partial charge is 0.360 e. The number of aromatic nitrogens is 5. The van der Waals surface area contributed by atoms with Crippen molar-refractivity contribution in [3.05, 3.63) is 87.8 Å². The quantitative estimate of drug-likeness (QED) is 0.410. The van der Waals surface area contributed by atoms with Gasteiger partial charge in [0.15, 0.2) is 11.5 Å². The number of halogens is 3. The first-order chi connectivity index (χ1) is 15.4. The summed E-state index contributed by atoms with van der Waals surface area (Å²) in [7, 11) is 0. The molecule has 2 aromatic carbocycles. The lowest BCUT2D eigenvalue weighted by Crippen LogP contribution is -2.26. The Kier molecular flexibility index (Phi) is 4.82. The summed E-state index contributed by atoms with van der Waals surface area (Å²) in [6.07, 6.45) is 2.89. The maximum atomic E-state index is 14.1. The molecule has 1 atom stereocenters. The molecule has 0 bridgehead atoms. The number of imidazole rings is 1. The van der Waals surface area contributed by atoms with E-state index in [0.29, 0.717) is 28.1 Å². The molecule has 0 saturated carbocycles. The molecule has 0 aliphatic rings. The lowest BCUT2D eigenvalue weighted by atomic mass is 10.1.